The van der Waals surface area contributed by atoms with Crippen molar-refractivity contribution in [2.24, 2.45) is 0 Å². The van der Waals surface area contributed by atoms with Crippen LogP contribution in [0.15, 0.2) is 6.33 Å². The first-order valence-corrected chi connectivity index (χ1v) is 4.60. The Balaban J connectivity index is 2.04. The van der Waals surface area contributed by atoms with Crippen LogP contribution in [0, 0.1) is 0 Å². The van der Waals surface area contributed by atoms with Gasteiger partial charge in [0.05, 0.1) is 6.10 Å². The number of nitrogens with one attached hydrogen (secondary N) is 1. The molecule has 1 aliphatic heterocycles. The number of aromatic amines is 1. The van der Waals surface area contributed by atoms with Crippen LogP contribution in [-0.2, 0) is 0 Å². The lowest BCUT2D eigenvalue weighted by Crippen LogP contribution is -2.42. The van der Waals surface area contributed by atoms with Gasteiger partial charge >= 0.3 is 0 Å². The zero-order valence-corrected chi connectivity index (χ0v) is 7.68. The molecule has 1 aliphatic rings. The number of amides is 1. The number of piperidine rings is 1. The SMILES string of the molecule is O=C(c1ncn[nH]1)N1CCC[C@H](O)C1. The fourth-order valence-corrected chi connectivity index (χ4v) is 1.60. The minimum absolute atomic E-state index is 0.193. The van der Waals surface area contributed by atoms with E-state index in [1.165, 1.54) is 6.33 Å². The van der Waals surface area contributed by atoms with E-state index in [0.717, 1.165) is 12.8 Å². The second kappa shape index (κ2) is 3.75. The molecule has 76 valence electrons. The summed E-state index contributed by atoms with van der Waals surface area (Å²) < 4.78 is 0. The largest absolute Gasteiger partial charge is 0.391 e. The standard InChI is InChI=1S/C8H12N4O2/c13-6-2-1-3-12(4-6)8(14)7-9-5-10-11-7/h5-6,13H,1-4H2,(H,9,10,11)/t6-/m0/s1. The van der Waals surface area contributed by atoms with Gasteiger partial charge in [0.15, 0.2) is 0 Å². The van der Waals surface area contributed by atoms with Gasteiger partial charge in [0.2, 0.25) is 5.82 Å². The summed E-state index contributed by atoms with van der Waals surface area (Å²) in [4.78, 5) is 17.1. The van der Waals surface area contributed by atoms with Gasteiger partial charge in [-0.3, -0.25) is 9.89 Å². The highest BCUT2D eigenvalue weighted by molar-refractivity contribution is 5.90. The number of H-pyrrole nitrogens is 1. The molecule has 0 unspecified atom stereocenters. The first kappa shape index (κ1) is 9.14. The Hall–Kier alpha value is -1.43. The van der Waals surface area contributed by atoms with E-state index < -0.39 is 6.10 Å². The average molecular weight is 196 g/mol. The molecule has 0 aromatic carbocycles. The number of nitrogens with zero attached hydrogens (tertiary/aromatic N) is 3. The predicted octanol–water partition coefficient (Wildman–Crippen LogP) is -0.598. The summed E-state index contributed by atoms with van der Waals surface area (Å²) in [6, 6.07) is 0. The number of aromatic nitrogens is 3. The summed E-state index contributed by atoms with van der Waals surface area (Å²) in [5, 5.41) is 15.5. The van der Waals surface area contributed by atoms with Crippen molar-refractivity contribution in [2.75, 3.05) is 13.1 Å². The van der Waals surface area contributed by atoms with Crippen molar-refractivity contribution in [1.82, 2.24) is 20.1 Å². The number of likely N-dealkylation sites (tertiary alicyclic amines) is 1. The molecule has 0 bridgehead atoms. The van der Waals surface area contributed by atoms with E-state index in [0.29, 0.717) is 13.1 Å². The molecule has 0 aliphatic carbocycles. The molecule has 1 atom stereocenters. The normalized spacial score (nSPS) is 22.4. The van der Waals surface area contributed by atoms with E-state index in [1.54, 1.807) is 4.90 Å². The van der Waals surface area contributed by atoms with Crippen molar-refractivity contribution in [2.45, 2.75) is 18.9 Å². The Kier molecular flexibility index (Phi) is 2.45. The molecular formula is C8H12N4O2. The fraction of sp³-hybridized carbons (Fsp3) is 0.625. The third-order valence-corrected chi connectivity index (χ3v) is 2.30. The average Bonchev–Trinajstić information content (AvgIpc) is 2.69. The molecule has 1 amide bonds. The fourth-order valence-electron chi connectivity index (χ4n) is 1.60. The molecule has 6 heteroatoms. The second-order valence-electron chi connectivity index (χ2n) is 3.38. The Morgan fingerprint density at radius 2 is 2.57 bits per heavy atom. The zero-order valence-electron chi connectivity index (χ0n) is 7.68. The lowest BCUT2D eigenvalue weighted by molar-refractivity contribution is 0.0464. The Bertz CT molecular complexity index is 311. The Morgan fingerprint density at radius 1 is 1.71 bits per heavy atom. The Morgan fingerprint density at radius 3 is 3.21 bits per heavy atom. The number of aliphatic hydroxyl groups excluding tert-OH is 1. The minimum Gasteiger partial charge on any atom is -0.391 e. The maximum Gasteiger partial charge on any atom is 0.291 e. The molecule has 2 rings (SSSR count). The smallest absolute Gasteiger partial charge is 0.291 e. The van der Waals surface area contributed by atoms with Gasteiger partial charge in [-0.05, 0) is 12.8 Å². The summed E-state index contributed by atoms with van der Waals surface area (Å²) in [6.45, 7) is 1.07. The first-order chi connectivity index (χ1) is 6.77. The van der Waals surface area contributed by atoms with Crippen LogP contribution in [0.1, 0.15) is 23.5 Å². The van der Waals surface area contributed by atoms with Crippen molar-refractivity contribution in [3.63, 3.8) is 0 Å². The van der Waals surface area contributed by atoms with E-state index in [4.69, 9.17) is 0 Å². The summed E-state index contributed by atoms with van der Waals surface area (Å²) in [6.07, 6.45) is 2.49. The first-order valence-electron chi connectivity index (χ1n) is 4.60. The highest BCUT2D eigenvalue weighted by Gasteiger charge is 2.24. The number of rotatable bonds is 1. The van der Waals surface area contributed by atoms with Crippen LogP contribution < -0.4 is 0 Å². The summed E-state index contributed by atoms with van der Waals surface area (Å²) >= 11 is 0. The predicted molar refractivity (Wildman–Crippen MR) is 47.5 cm³/mol. The van der Waals surface area contributed by atoms with Crippen LogP contribution in [0.2, 0.25) is 0 Å². The highest BCUT2D eigenvalue weighted by atomic mass is 16.3. The molecule has 0 radical (unpaired) electrons. The topological polar surface area (TPSA) is 82.1 Å². The maximum atomic E-state index is 11.7. The quantitative estimate of drug-likeness (QED) is 0.628. The van der Waals surface area contributed by atoms with Crippen LogP contribution in [-0.4, -0.2) is 50.3 Å². The zero-order chi connectivity index (χ0) is 9.97. The highest BCUT2D eigenvalue weighted by Crippen LogP contribution is 2.11. The van der Waals surface area contributed by atoms with Crippen LogP contribution in [0.4, 0.5) is 0 Å². The van der Waals surface area contributed by atoms with E-state index in [9.17, 15) is 9.90 Å². The maximum absolute atomic E-state index is 11.7. The van der Waals surface area contributed by atoms with Crippen LogP contribution in [0.5, 0.6) is 0 Å². The van der Waals surface area contributed by atoms with Crippen LogP contribution >= 0.6 is 0 Å². The van der Waals surface area contributed by atoms with Crippen molar-refractivity contribution >= 4 is 5.91 Å². The number of aliphatic hydroxyl groups is 1. The van der Waals surface area contributed by atoms with Gasteiger partial charge in [-0.2, -0.15) is 5.10 Å². The lowest BCUT2D eigenvalue weighted by Gasteiger charge is -2.29. The van der Waals surface area contributed by atoms with E-state index >= 15 is 0 Å². The molecular weight excluding hydrogens is 184 g/mol. The molecule has 6 nitrogen and oxygen atoms in total. The summed E-state index contributed by atoms with van der Waals surface area (Å²) in [5.74, 6) is 0.0420. The number of hydrogen-bond donors (Lipinski definition) is 2. The molecule has 1 aromatic heterocycles. The van der Waals surface area contributed by atoms with Gasteiger partial charge in [0.25, 0.3) is 5.91 Å². The van der Waals surface area contributed by atoms with Gasteiger partial charge in [-0.1, -0.05) is 0 Å². The number of hydrogen-bond acceptors (Lipinski definition) is 4. The van der Waals surface area contributed by atoms with Crippen molar-refractivity contribution < 1.29 is 9.90 Å². The van der Waals surface area contributed by atoms with Crippen molar-refractivity contribution in [3.8, 4) is 0 Å². The van der Waals surface area contributed by atoms with E-state index in [1.807, 2.05) is 0 Å². The van der Waals surface area contributed by atoms with Gasteiger partial charge < -0.3 is 10.0 Å². The summed E-state index contributed by atoms with van der Waals surface area (Å²) in [7, 11) is 0. The molecule has 2 N–H and O–H groups in total. The third kappa shape index (κ3) is 1.74. The number of carbonyl (C=O) groups is 1. The number of β-amino-alcohol motifs (C(OH)–C–C–N with tert-alkyl or cyclic N) is 1. The lowest BCUT2D eigenvalue weighted by atomic mass is 10.1. The third-order valence-electron chi connectivity index (χ3n) is 2.30. The van der Waals surface area contributed by atoms with Gasteiger partial charge in [-0.25, -0.2) is 4.98 Å². The Labute approximate surface area is 80.9 Å². The molecule has 1 fully saturated rings. The van der Waals surface area contributed by atoms with Crippen molar-refractivity contribution in [1.29, 1.82) is 0 Å². The molecule has 1 saturated heterocycles. The van der Waals surface area contributed by atoms with Crippen LogP contribution in [0.25, 0.3) is 0 Å². The monoisotopic (exact) mass is 196 g/mol. The molecule has 0 spiro atoms. The van der Waals surface area contributed by atoms with E-state index in [2.05, 4.69) is 15.2 Å². The van der Waals surface area contributed by atoms with Crippen LogP contribution in [0.3, 0.4) is 0 Å². The summed E-state index contributed by atoms with van der Waals surface area (Å²) in [5.41, 5.74) is 0. The molecule has 14 heavy (non-hydrogen) atoms. The molecule has 0 saturated carbocycles. The number of carbonyl (C=O) groups excluding carboxylic acids is 1. The van der Waals surface area contributed by atoms with Gasteiger partial charge in [0.1, 0.15) is 6.33 Å². The van der Waals surface area contributed by atoms with Gasteiger partial charge in [0, 0.05) is 13.1 Å². The van der Waals surface area contributed by atoms with Gasteiger partial charge in [-0.15, -0.1) is 0 Å². The minimum atomic E-state index is -0.407. The van der Waals surface area contributed by atoms with E-state index in [-0.39, 0.29) is 11.7 Å². The molecule has 2 heterocycles. The second-order valence-corrected chi connectivity index (χ2v) is 3.38. The van der Waals surface area contributed by atoms with Crippen molar-refractivity contribution in [3.05, 3.63) is 12.2 Å². The molecule has 1 aromatic rings.